The minimum absolute atomic E-state index is 0. The summed E-state index contributed by atoms with van der Waals surface area (Å²) in [6.07, 6.45) is 0. The third-order valence-corrected chi connectivity index (χ3v) is 5.28. The van der Waals surface area contributed by atoms with Crippen LogP contribution in [0.5, 0.6) is 0 Å². The summed E-state index contributed by atoms with van der Waals surface area (Å²) < 4.78 is 27.3. The van der Waals surface area contributed by atoms with Crippen LogP contribution in [0.2, 0.25) is 0 Å². The number of methoxy groups -OCH3 is 1. The SMILES string of the molecule is COC(=O)C1CNCC(C)(C)S1(=O)=O.Cl. The van der Waals surface area contributed by atoms with E-state index in [1.165, 1.54) is 7.11 Å². The number of sulfone groups is 1. The normalized spacial score (nSPS) is 27.5. The van der Waals surface area contributed by atoms with Gasteiger partial charge in [-0.3, -0.25) is 4.79 Å². The topological polar surface area (TPSA) is 72.5 Å². The molecule has 0 bridgehead atoms. The second-order valence-corrected chi connectivity index (χ2v) is 6.71. The van der Waals surface area contributed by atoms with E-state index in [4.69, 9.17) is 0 Å². The molecule has 0 aromatic carbocycles. The van der Waals surface area contributed by atoms with Crippen LogP contribution >= 0.6 is 12.4 Å². The lowest BCUT2D eigenvalue weighted by Crippen LogP contribution is -2.58. The van der Waals surface area contributed by atoms with Crippen LogP contribution in [-0.2, 0) is 19.4 Å². The molecule has 0 saturated carbocycles. The Morgan fingerprint density at radius 3 is 2.47 bits per heavy atom. The van der Waals surface area contributed by atoms with E-state index in [0.717, 1.165) is 0 Å². The van der Waals surface area contributed by atoms with E-state index in [2.05, 4.69) is 10.1 Å². The number of carbonyl (C=O) groups excluding carboxylic acids is 1. The number of hydrogen-bond donors (Lipinski definition) is 1. The van der Waals surface area contributed by atoms with E-state index in [9.17, 15) is 13.2 Å². The molecule has 1 aliphatic rings. The van der Waals surface area contributed by atoms with Gasteiger partial charge in [0.05, 0.1) is 11.9 Å². The first kappa shape index (κ1) is 14.7. The molecule has 1 unspecified atom stereocenters. The summed E-state index contributed by atoms with van der Waals surface area (Å²) in [5.74, 6) is -0.690. The van der Waals surface area contributed by atoms with Gasteiger partial charge in [0.2, 0.25) is 0 Å². The van der Waals surface area contributed by atoms with Crippen molar-refractivity contribution in [2.45, 2.75) is 23.8 Å². The molecule has 0 aliphatic carbocycles. The number of rotatable bonds is 1. The number of carbonyl (C=O) groups is 1. The summed E-state index contributed by atoms with van der Waals surface area (Å²) in [5.41, 5.74) is 0. The Balaban J connectivity index is 0.00000196. The molecule has 0 spiro atoms. The molecule has 0 amide bonds. The fourth-order valence-electron chi connectivity index (χ4n) is 1.44. The zero-order valence-electron chi connectivity index (χ0n) is 8.94. The molecule has 1 N–H and O–H groups in total. The summed E-state index contributed by atoms with van der Waals surface area (Å²) >= 11 is 0. The number of ether oxygens (including phenoxy) is 1. The molecule has 1 heterocycles. The highest BCUT2D eigenvalue weighted by atomic mass is 35.5. The van der Waals surface area contributed by atoms with E-state index >= 15 is 0 Å². The molecule has 1 fully saturated rings. The van der Waals surface area contributed by atoms with Gasteiger partial charge in [-0.25, -0.2) is 8.42 Å². The van der Waals surface area contributed by atoms with Gasteiger partial charge in [-0.05, 0) is 13.8 Å². The third-order valence-electron chi connectivity index (χ3n) is 2.49. The minimum Gasteiger partial charge on any atom is -0.468 e. The first-order chi connectivity index (χ1) is 6.33. The number of halogens is 1. The first-order valence-corrected chi connectivity index (χ1v) is 5.89. The van der Waals surface area contributed by atoms with Gasteiger partial charge in [-0.1, -0.05) is 0 Å². The second-order valence-electron chi connectivity index (χ2n) is 3.95. The average Bonchev–Trinajstić information content (AvgIpc) is 2.08. The van der Waals surface area contributed by atoms with Crippen molar-refractivity contribution in [2.24, 2.45) is 0 Å². The zero-order valence-corrected chi connectivity index (χ0v) is 10.6. The predicted octanol–water partition coefficient (Wildman–Crippen LogP) is -0.254. The van der Waals surface area contributed by atoms with Crippen molar-refractivity contribution >= 4 is 28.2 Å². The van der Waals surface area contributed by atoms with Crippen LogP contribution in [0.25, 0.3) is 0 Å². The van der Waals surface area contributed by atoms with Crippen LogP contribution in [-0.4, -0.2) is 44.6 Å². The Labute approximate surface area is 95.9 Å². The molecular formula is C8H16ClNO4S. The van der Waals surface area contributed by atoms with Crippen LogP contribution in [0.1, 0.15) is 13.8 Å². The maximum Gasteiger partial charge on any atom is 0.325 e. The van der Waals surface area contributed by atoms with Crippen molar-refractivity contribution in [2.75, 3.05) is 20.2 Å². The van der Waals surface area contributed by atoms with E-state index < -0.39 is 25.8 Å². The summed E-state index contributed by atoms with van der Waals surface area (Å²) in [6.45, 7) is 3.70. The van der Waals surface area contributed by atoms with Crippen LogP contribution in [0.3, 0.4) is 0 Å². The Morgan fingerprint density at radius 2 is 2.00 bits per heavy atom. The number of nitrogens with one attached hydrogen (secondary N) is 1. The predicted molar refractivity (Wildman–Crippen MR) is 58.9 cm³/mol. The molecule has 90 valence electrons. The van der Waals surface area contributed by atoms with Crippen LogP contribution in [0.15, 0.2) is 0 Å². The van der Waals surface area contributed by atoms with Crippen molar-refractivity contribution in [3.8, 4) is 0 Å². The number of hydrogen-bond acceptors (Lipinski definition) is 5. The van der Waals surface area contributed by atoms with E-state index in [1.807, 2.05) is 0 Å². The smallest absolute Gasteiger partial charge is 0.325 e. The molecule has 1 rings (SSSR count). The molecule has 0 aromatic rings. The van der Waals surface area contributed by atoms with E-state index in [-0.39, 0.29) is 19.0 Å². The Morgan fingerprint density at radius 1 is 1.47 bits per heavy atom. The zero-order chi connectivity index (χ0) is 11.0. The van der Waals surface area contributed by atoms with E-state index in [1.54, 1.807) is 13.8 Å². The van der Waals surface area contributed by atoms with Gasteiger partial charge in [0.25, 0.3) is 0 Å². The number of esters is 1. The maximum atomic E-state index is 11.9. The lowest BCUT2D eigenvalue weighted by molar-refractivity contribution is -0.140. The van der Waals surface area contributed by atoms with Gasteiger partial charge in [0, 0.05) is 13.1 Å². The van der Waals surface area contributed by atoms with Crippen molar-refractivity contribution < 1.29 is 17.9 Å². The first-order valence-electron chi connectivity index (χ1n) is 4.35. The fourth-order valence-corrected chi connectivity index (χ4v) is 3.20. The molecule has 1 aliphatic heterocycles. The second kappa shape index (κ2) is 4.67. The van der Waals surface area contributed by atoms with Gasteiger partial charge >= 0.3 is 5.97 Å². The summed E-state index contributed by atoms with van der Waals surface area (Å²) in [6, 6.07) is 0. The Kier molecular flexibility index (Phi) is 4.57. The average molecular weight is 258 g/mol. The Hall–Kier alpha value is -0.330. The van der Waals surface area contributed by atoms with Gasteiger partial charge in [-0.15, -0.1) is 12.4 Å². The molecular weight excluding hydrogens is 242 g/mol. The van der Waals surface area contributed by atoms with Gasteiger partial charge in [-0.2, -0.15) is 0 Å². The van der Waals surface area contributed by atoms with Gasteiger partial charge in [0.1, 0.15) is 0 Å². The highest BCUT2D eigenvalue weighted by Gasteiger charge is 2.47. The molecule has 15 heavy (non-hydrogen) atoms. The highest BCUT2D eigenvalue weighted by Crippen LogP contribution is 2.24. The monoisotopic (exact) mass is 257 g/mol. The van der Waals surface area contributed by atoms with Crippen LogP contribution in [0, 0.1) is 0 Å². The summed E-state index contributed by atoms with van der Waals surface area (Å²) in [5, 5.41) is 1.84. The molecule has 1 saturated heterocycles. The lowest BCUT2D eigenvalue weighted by atomic mass is 10.2. The minimum atomic E-state index is -3.45. The Bertz CT molecular complexity index is 339. The molecule has 0 radical (unpaired) electrons. The summed E-state index contributed by atoms with van der Waals surface area (Å²) in [7, 11) is -2.26. The van der Waals surface area contributed by atoms with E-state index in [0.29, 0.717) is 6.54 Å². The van der Waals surface area contributed by atoms with Crippen molar-refractivity contribution in [3.05, 3.63) is 0 Å². The fraction of sp³-hybridized carbons (Fsp3) is 0.875. The highest BCUT2D eigenvalue weighted by molar-refractivity contribution is 7.94. The quantitative estimate of drug-likeness (QED) is 0.656. The molecule has 7 heteroatoms. The van der Waals surface area contributed by atoms with Gasteiger partial charge in [0.15, 0.2) is 15.1 Å². The standard InChI is InChI=1S/C8H15NO4S.ClH/c1-8(2)5-9-4-6(7(10)13-3)14(8,11)12;/h6,9H,4-5H2,1-3H3;1H. The molecule has 0 aromatic heterocycles. The van der Waals surface area contributed by atoms with Crippen LogP contribution in [0.4, 0.5) is 0 Å². The molecule has 1 atom stereocenters. The largest absolute Gasteiger partial charge is 0.468 e. The lowest BCUT2D eigenvalue weighted by Gasteiger charge is -2.34. The van der Waals surface area contributed by atoms with Crippen molar-refractivity contribution in [1.29, 1.82) is 0 Å². The van der Waals surface area contributed by atoms with Crippen molar-refractivity contribution in [3.63, 3.8) is 0 Å². The summed E-state index contributed by atoms with van der Waals surface area (Å²) in [4.78, 5) is 11.2. The maximum absolute atomic E-state index is 11.9. The molecule has 5 nitrogen and oxygen atoms in total. The van der Waals surface area contributed by atoms with Gasteiger partial charge < -0.3 is 10.1 Å². The van der Waals surface area contributed by atoms with Crippen molar-refractivity contribution in [1.82, 2.24) is 5.32 Å². The third kappa shape index (κ3) is 2.43. The van der Waals surface area contributed by atoms with Crippen LogP contribution < -0.4 is 5.32 Å².